The minimum Gasteiger partial charge on any atom is -0.481 e. The van der Waals surface area contributed by atoms with Gasteiger partial charge in [-0.3, -0.25) is 27.9 Å². The van der Waals surface area contributed by atoms with Crippen molar-refractivity contribution in [2.75, 3.05) is 37.9 Å². The fourth-order valence-corrected chi connectivity index (χ4v) is 8.47. The molecule has 2 fully saturated rings. The summed E-state index contributed by atoms with van der Waals surface area (Å²) in [6.07, 6.45) is -16.1. The molecule has 0 amide bonds. The molecule has 6 rings (SSSR count). The second-order valence-electron chi connectivity index (χ2n) is 14.4. The third-order valence-electron chi connectivity index (χ3n) is 9.95. The summed E-state index contributed by atoms with van der Waals surface area (Å²) in [7, 11) is -11.2. The first-order valence-electron chi connectivity index (χ1n) is 19.2. The van der Waals surface area contributed by atoms with Crippen LogP contribution in [0, 0.1) is 12.2 Å². The van der Waals surface area contributed by atoms with Gasteiger partial charge in [-0.25, -0.2) is 19.6 Å². The minimum atomic E-state index is -5.61. The zero-order valence-electron chi connectivity index (χ0n) is 34.8. The van der Waals surface area contributed by atoms with Crippen LogP contribution in [0.25, 0.3) is 22.3 Å². The number of carboxylic acid groups (broad SMARTS) is 2. The van der Waals surface area contributed by atoms with E-state index in [0.717, 1.165) is 21.8 Å². The number of nitrogens with two attached hydrogens (primary N) is 2. The lowest BCUT2D eigenvalue weighted by molar-refractivity contribution is -0.174. The molecule has 376 valence electrons. The Balaban J connectivity index is 0.000000254. The molecule has 0 radical (unpaired) electrons. The van der Waals surface area contributed by atoms with Crippen LogP contribution in [-0.2, 0) is 56.7 Å². The lowest BCUT2D eigenvalue weighted by Crippen LogP contribution is -2.47. The number of hydrogen-bond donors (Lipinski definition) is 12. The third-order valence-corrected chi connectivity index (χ3v) is 12.8. The SMILES string of the molecule is CCOC(=O)[C@@](CC(=O)O)(OC[C@H]1O[C@@H](n2cnc3c(N)nc(F)nc32)[C@H](O)[C@@H]1O)P(=O)(O)O.CCOC(=O)[C@](CC(=O)O)(OC[C@H]1O[C@@H](n2cnc3c(N)nc(F)nc32)[C@H](O)[C@@H]1O)P(=O)(O)O. The number of aromatic nitrogens is 8. The Labute approximate surface area is 376 Å². The van der Waals surface area contributed by atoms with Gasteiger partial charge in [0.25, 0.3) is 10.7 Å². The molecule has 0 aliphatic carbocycles. The number of carboxylic acids is 2. The predicted molar refractivity (Wildman–Crippen MR) is 210 cm³/mol. The summed E-state index contributed by atoms with van der Waals surface area (Å²) in [6.45, 7) is 0.0450. The van der Waals surface area contributed by atoms with E-state index in [-0.39, 0.29) is 47.2 Å². The highest BCUT2D eigenvalue weighted by atomic mass is 31.2. The number of aliphatic hydroxyl groups excluding tert-OH is 4. The van der Waals surface area contributed by atoms with Gasteiger partial charge >= 0.3 is 51.2 Å². The van der Waals surface area contributed by atoms with E-state index in [1.807, 2.05) is 0 Å². The number of aliphatic carboxylic acids is 2. The van der Waals surface area contributed by atoms with Crippen LogP contribution in [0.5, 0.6) is 0 Å². The van der Waals surface area contributed by atoms with Crippen LogP contribution in [0.15, 0.2) is 12.7 Å². The fourth-order valence-electron chi connectivity index (χ4n) is 6.70. The summed E-state index contributed by atoms with van der Waals surface area (Å²) in [4.78, 5) is 108. The molecule has 4 aromatic rings. The molecule has 0 spiro atoms. The minimum absolute atomic E-state index is 0.0318. The van der Waals surface area contributed by atoms with Gasteiger partial charge in [0.05, 0.1) is 51.9 Å². The van der Waals surface area contributed by atoms with Gasteiger partial charge in [-0.05, 0) is 13.8 Å². The molecular weight excluding hydrogens is 976 g/mol. The molecule has 14 N–H and O–H groups in total. The molecule has 2 aliphatic rings. The Kier molecular flexibility index (Phi) is 16.1. The molecule has 0 bridgehead atoms. The summed E-state index contributed by atoms with van der Waals surface area (Å²) < 4.78 is 83.8. The number of esters is 2. The lowest BCUT2D eigenvalue weighted by Gasteiger charge is -2.31. The number of carbonyl (C=O) groups excluding carboxylic acids is 2. The number of hydrogen-bond acceptors (Lipinski definition) is 24. The number of anilines is 2. The van der Waals surface area contributed by atoms with Gasteiger partial charge in [0.1, 0.15) is 36.6 Å². The first-order valence-corrected chi connectivity index (χ1v) is 22.4. The van der Waals surface area contributed by atoms with Gasteiger partial charge in [-0.1, -0.05) is 0 Å². The van der Waals surface area contributed by atoms with Gasteiger partial charge in [0.15, 0.2) is 46.4 Å². The molecule has 68 heavy (non-hydrogen) atoms. The highest BCUT2D eigenvalue weighted by Crippen LogP contribution is 2.55. The molecule has 10 atom stereocenters. The third kappa shape index (κ3) is 10.5. The van der Waals surface area contributed by atoms with Crippen LogP contribution >= 0.6 is 15.2 Å². The molecule has 36 heteroatoms. The van der Waals surface area contributed by atoms with Crippen molar-refractivity contribution in [3.63, 3.8) is 0 Å². The Morgan fingerprint density at radius 1 is 0.662 bits per heavy atom. The Morgan fingerprint density at radius 2 is 1.00 bits per heavy atom. The zero-order chi connectivity index (χ0) is 50.8. The second-order valence-corrected chi connectivity index (χ2v) is 18.0. The second kappa shape index (κ2) is 20.6. The first-order chi connectivity index (χ1) is 31.6. The van der Waals surface area contributed by atoms with E-state index in [2.05, 4.69) is 39.4 Å². The Morgan fingerprint density at radius 3 is 1.29 bits per heavy atom. The smallest absolute Gasteiger partial charge is 0.369 e. The van der Waals surface area contributed by atoms with Gasteiger partial charge in [0.2, 0.25) is 0 Å². The van der Waals surface area contributed by atoms with Gasteiger partial charge in [-0.2, -0.15) is 28.7 Å². The summed E-state index contributed by atoms with van der Waals surface area (Å²) in [5.41, 5.74) is 10.7. The number of rotatable bonds is 18. The number of nitrogens with zero attached hydrogens (tertiary/aromatic N) is 8. The molecule has 2 aliphatic heterocycles. The maximum atomic E-state index is 13.6. The zero-order valence-corrected chi connectivity index (χ0v) is 36.6. The summed E-state index contributed by atoms with van der Waals surface area (Å²) in [6, 6.07) is 0. The van der Waals surface area contributed by atoms with Crippen molar-refractivity contribution in [1.82, 2.24) is 39.0 Å². The van der Waals surface area contributed by atoms with E-state index in [4.69, 9.17) is 40.6 Å². The van der Waals surface area contributed by atoms with Crippen molar-refractivity contribution in [3.8, 4) is 0 Å². The standard InChI is InChI=1S/2C16H21FN5O11P/c2*1-2-31-14(27)16(3-7(23)24,34(28,29)30)32-4-6-9(25)10(26)13(33-6)22-5-19-8-11(18)20-15(17)21-12(8)22/h2*5-6,9-10,13,25-26H,2-4H2,1H3,(H,23,24)(H2,18,20,21)(H2,28,29,30)/t6-,9-,10-,13-,16+;6-,9-,10-,13-,16-/m11/s1. The molecule has 6 heterocycles. The van der Waals surface area contributed by atoms with Gasteiger partial charge in [-0.15, -0.1) is 0 Å². The topological polar surface area (TPSA) is 499 Å². The quantitative estimate of drug-likeness (QED) is 0.0258. The largest absolute Gasteiger partial charge is 0.481 e. The van der Waals surface area contributed by atoms with E-state index in [0.29, 0.717) is 0 Å². The highest BCUT2D eigenvalue weighted by Gasteiger charge is 2.61. The highest BCUT2D eigenvalue weighted by molar-refractivity contribution is 7.55. The molecule has 0 aromatic carbocycles. The molecule has 0 saturated carbocycles. The monoisotopic (exact) mass is 1020 g/mol. The van der Waals surface area contributed by atoms with Crippen LogP contribution < -0.4 is 11.5 Å². The number of imidazole rings is 2. The molecule has 4 aromatic heterocycles. The number of halogens is 2. The van der Waals surface area contributed by atoms with E-state index in [1.165, 1.54) is 13.8 Å². The fraction of sp³-hybridized carbons (Fsp3) is 0.562. The Hall–Kier alpha value is -5.58. The predicted octanol–water partition coefficient (Wildman–Crippen LogP) is -3.81. The van der Waals surface area contributed by atoms with Crippen LogP contribution in [-0.4, -0.2) is 187 Å². The van der Waals surface area contributed by atoms with E-state index in [9.17, 15) is 77.1 Å². The lowest BCUT2D eigenvalue weighted by atomic mass is 10.1. The Bertz CT molecular complexity index is 2460. The first kappa shape index (κ1) is 53.4. The van der Waals surface area contributed by atoms with Crippen LogP contribution in [0.3, 0.4) is 0 Å². The normalized spacial score (nSPS) is 24.8. The number of carbonyl (C=O) groups is 4. The molecular formula is C32H42F2N10O22P2. The molecule has 0 unspecified atom stereocenters. The van der Waals surface area contributed by atoms with E-state index >= 15 is 0 Å². The van der Waals surface area contributed by atoms with Crippen LogP contribution in [0.2, 0.25) is 0 Å². The summed E-state index contributed by atoms with van der Waals surface area (Å²) >= 11 is 0. The molecule has 2 saturated heterocycles. The average molecular weight is 1020 g/mol. The van der Waals surface area contributed by atoms with E-state index in [1.54, 1.807) is 0 Å². The van der Waals surface area contributed by atoms with E-state index < -0.39 is 137 Å². The van der Waals surface area contributed by atoms with Gasteiger partial charge < -0.3 is 90.1 Å². The van der Waals surface area contributed by atoms with Crippen molar-refractivity contribution in [2.24, 2.45) is 0 Å². The number of ether oxygens (including phenoxy) is 6. The molecule has 32 nitrogen and oxygen atoms in total. The summed E-state index contributed by atoms with van der Waals surface area (Å²) in [5, 5.41) is 53.4. The van der Waals surface area contributed by atoms with Crippen molar-refractivity contribution in [2.45, 2.75) is 86.5 Å². The van der Waals surface area contributed by atoms with Crippen molar-refractivity contribution < 1.29 is 116 Å². The number of fused-ring (bicyclic) bond motifs is 2. The van der Waals surface area contributed by atoms with Crippen LogP contribution in [0.4, 0.5) is 20.4 Å². The van der Waals surface area contributed by atoms with Crippen molar-refractivity contribution in [1.29, 1.82) is 0 Å². The maximum absolute atomic E-state index is 13.6. The van der Waals surface area contributed by atoms with Gasteiger partial charge in [0, 0.05) is 0 Å². The number of aliphatic hydroxyl groups is 4. The van der Waals surface area contributed by atoms with Crippen LogP contribution in [0.1, 0.15) is 39.1 Å². The number of nitrogen functional groups attached to an aromatic ring is 2. The maximum Gasteiger partial charge on any atom is 0.369 e. The average Bonchev–Trinajstić information content (AvgIpc) is 3.98. The van der Waals surface area contributed by atoms with Crippen molar-refractivity contribution in [3.05, 3.63) is 24.8 Å². The summed E-state index contributed by atoms with van der Waals surface area (Å²) in [5.74, 6) is -7.46. The van der Waals surface area contributed by atoms with Crippen molar-refractivity contribution >= 4 is 73.0 Å².